The molecular weight excluding hydrogens is 200 g/mol. The molecule has 1 rings (SSSR count). The summed E-state index contributed by atoms with van der Waals surface area (Å²) in [5.74, 6) is 5.56. The molecule has 1 amide bonds. The number of nitrogens with one attached hydrogen (secondary N) is 1. The van der Waals surface area contributed by atoms with E-state index < -0.39 is 5.41 Å². The van der Waals surface area contributed by atoms with Crippen LogP contribution in [-0.2, 0) is 4.79 Å². The van der Waals surface area contributed by atoms with Crippen LogP contribution in [0.15, 0.2) is 0 Å². The molecule has 3 heteroatoms. The Labute approximate surface area is 97.2 Å². The van der Waals surface area contributed by atoms with Gasteiger partial charge in [0.05, 0.1) is 6.07 Å². The number of nitriles is 1. The predicted molar refractivity (Wildman–Crippen MR) is 62.2 cm³/mol. The summed E-state index contributed by atoms with van der Waals surface area (Å²) in [7, 11) is 0. The van der Waals surface area contributed by atoms with Crippen LogP contribution in [0.4, 0.5) is 0 Å². The number of carbonyl (C=O) groups excluding carboxylic acids is 1. The average molecular weight is 218 g/mol. The van der Waals surface area contributed by atoms with E-state index in [0.29, 0.717) is 25.8 Å². The van der Waals surface area contributed by atoms with Crippen molar-refractivity contribution in [2.75, 3.05) is 6.54 Å². The number of hydrogen-bond acceptors (Lipinski definition) is 2. The molecule has 86 valence electrons. The van der Waals surface area contributed by atoms with Crippen LogP contribution < -0.4 is 5.32 Å². The van der Waals surface area contributed by atoms with Gasteiger partial charge in [-0.3, -0.25) is 4.79 Å². The first kappa shape index (κ1) is 12.6. The standard InChI is InChI=1S/C13H18N2O/c1-2-3-7-10-15-12(16)13(11-14)8-5-4-6-9-13/h4-10H2,1H3,(H,15,16). The van der Waals surface area contributed by atoms with Crippen molar-refractivity contribution in [3.05, 3.63) is 0 Å². The van der Waals surface area contributed by atoms with Gasteiger partial charge in [0.2, 0.25) is 5.91 Å². The van der Waals surface area contributed by atoms with Crippen molar-refractivity contribution < 1.29 is 4.79 Å². The molecule has 0 radical (unpaired) electrons. The Hall–Kier alpha value is -1.48. The topological polar surface area (TPSA) is 52.9 Å². The lowest BCUT2D eigenvalue weighted by Gasteiger charge is -2.28. The molecule has 0 aliphatic heterocycles. The molecule has 0 spiro atoms. The largest absolute Gasteiger partial charge is 0.354 e. The van der Waals surface area contributed by atoms with E-state index in [-0.39, 0.29) is 5.91 Å². The van der Waals surface area contributed by atoms with Gasteiger partial charge in [0, 0.05) is 13.0 Å². The number of nitrogens with zero attached hydrogens (tertiary/aromatic N) is 1. The number of carbonyl (C=O) groups is 1. The molecule has 1 fully saturated rings. The van der Waals surface area contributed by atoms with Gasteiger partial charge in [0.25, 0.3) is 0 Å². The summed E-state index contributed by atoms with van der Waals surface area (Å²) in [6.45, 7) is 2.32. The van der Waals surface area contributed by atoms with Crippen LogP contribution in [0.5, 0.6) is 0 Å². The monoisotopic (exact) mass is 218 g/mol. The lowest BCUT2D eigenvalue weighted by molar-refractivity contribution is -0.129. The third kappa shape index (κ3) is 3.00. The van der Waals surface area contributed by atoms with Crippen molar-refractivity contribution in [3.8, 4) is 17.9 Å². The van der Waals surface area contributed by atoms with E-state index in [4.69, 9.17) is 0 Å². The molecule has 0 aromatic carbocycles. The van der Waals surface area contributed by atoms with Crippen LogP contribution in [0.2, 0.25) is 0 Å². The first-order valence-electron chi connectivity index (χ1n) is 5.84. The van der Waals surface area contributed by atoms with Crippen LogP contribution in [0.25, 0.3) is 0 Å². The van der Waals surface area contributed by atoms with Crippen LogP contribution in [-0.4, -0.2) is 12.5 Å². The van der Waals surface area contributed by atoms with Gasteiger partial charge in [-0.2, -0.15) is 5.26 Å². The summed E-state index contributed by atoms with van der Waals surface area (Å²) < 4.78 is 0. The lowest BCUT2D eigenvalue weighted by atomic mass is 9.74. The van der Waals surface area contributed by atoms with Crippen molar-refractivity contribution >= 4 is 5.91 Å². The van der Waals surface area contributed by atoms with E-state index in [0.717, 1.165) is 19.3 Å². The molecule has 1 N–H and O–H groups in total. The fourth-order valence-electron chi connectivity index (χ4n) is 2.08. The second kappa shape index (κ2) is 6.18. The predicted octanol–water partition coefficient (Wildman–Crippen LogP) is 1.99. The normalized spacial score (nSPS) is 17.8. The molecule has 1 saturated carbocycles. The van der Waals surface area contributed by atoms with Gasteiger partial charge in [-0.15, -0.1) is 11.8 Å². The van der Waals surface area contributed by atoms with Crippen molar-refractivity contribution in [1.82, 2.24) is 5.32 Å². The third-order valence-electron chi connectivity index (χ3n) is 3.07. The Balaban J connectivity index is 2.48. The van der Waals surface area contributed by atoms with Crippen LogP contribution >= 0.6 is 0 Å². The number of rotatable bonds is 3. The Kier molecular flexibility index (Phi) is 4.86. The minimum atomic E-state index is -0.766. The minimum absolute atomic E-state index is 0.104. The smallest absolute Gasteiger partial charge is 0.240 e. The number of amides is 1. The molecule has 0 unspecified atom stereocenters. The zero-order chi connectivity index (χ0) is 11.9. The molecule has 16 heavy (non-hydrogen) atoms. The maximum absolute atomic E-state index is 11.9. The minimum Gasteiger partial charge on any atom is -0.354 e. The van der Waals surface area contributed by atoms with Crippen LogP contribution in [0.1, 0.15) is 45.4 Å². The summed E-state index contributed by atoms with van der Waals surface area (Å²) >= 11 is 0. The SMILES string of the molecule is CC#CCCNC(=O)C1(C#N)CCCCC1. The van der Waals surface area contributed by atoms with E-state index in [1.54, 1.807) is 6.92 Å². The van der Waals surface area contributed by atoms with E-state index in [1.807, 2.05) is 0 Å². The highest BCUT2D eigenvalue weighted by atomic mass is 16.2. The van der Waals surface area contributed by atoms with Crippen molar-refractivity contribution in [1.29, 1.82) is 5.26 Å². The fourth-order valence-corrected chi connectivity index (χ4v) is 2.08. The quantitative estimate of drug-likeness (QED) is 0.581. The molecule has 3 nitrogen and oxygen atoms in total. The van der Waals surface area contributed by atoms with E-state index >= 15 is 0 Å². The Morgan fingerprint density at radius 2 is 2.06 bits per heavy atom. The second-order valence-corrected chi connectivity index (χ2v) is 4.19. The first-order chi connectivity index (χ1) is 7.75. The number of hydrogen-bond donors (Lipinski definition) is 1. The first-order valence-corrected chi connectivity index (χ1v) is 5.84. The lowest BCUT2D eigenvalue weighted by Crippen LogP contribution is -2.41. The Bertz CT molecular complexity index is 337. The summed E-state index contributed by atoms with van der Waals surface area (Å²) in [4.78, 5) is 11.9. The maximum atomic E-state index is 11.9. The van der Waals surface area contributed by atoms with Crippen LogP contribution in [0.3, 0.4) is 0 Å². The zero-order valence-electron chi connectivity index (χ0n) is 9.81. The molecule has 1 aliphatic rings. The molecule has 0 saturated heterocycles. The highest BCUT2D eigenvalue weighted by molar-refractivity contribution is 5.85. The molecule has 0 aromatic rings. The molecule has 0 atom stereocenters. The zero-order valence-corrected chi connectivity index (χ0v) is 9.81. The van der Waals surface area contributed by atoms with Gasteiger partial charge < -0.3 is 5.32 Å². The molecule has 0 aromatic heterocycles. The molecule has 0 bridgehead atoms. The Morgan fingerprint density at radius 1 is 1.38 bits per heavy atom. The van der Waals surface area contributed by atoms with E-state index in [9.17, 15) is 10.1 Å². The highest BCUT2D eigenvalue weighted by Gasteiger charge is 2.39. The summed E-state index contributed by atoms with van der Waals surface area (Å²) in [5, 5.41) is 12.0. The molecule has 1 aliphatic carbocycles. The van der Waals surface area contributed by atoms with Gasteiger partial charge in [-0.1, -0.05) is 19.3 Å². The second-order valence-electron chi connectivity index (χ2n) is 4.19. The van der Waals surface area contributed by atoms with E-state index in [1.165, 1.54) is 0 Å². The maximum Gasteiger partial charge on any atom is 0.240 e. The van der Waals surface area contributed by atoms with Gasteiger partial charge in [-0.25, -0.2) is 0 Å². The summed E-state index contributed by atoms with van der Waals surface area (Å²) in [6.07, 6.45) is 5.16. The van der Waals surface area contributed by atoms with Crippen molar-refractivity contribution in [2.24, 2.45) is 5.41 Å². The fraction of sp³-hybridized carbons (Fsp3) is 0.692. The van der Waals surface area contributed by atoms with Gasteiger partial charge in [-0.05, 0) is 19.8 Å². The van der Waals surface area contributed by atoms with Gasteiger partial charge >= 0.3 is 0 Å². The van der Waals surface area contributed by atoms with E-state index in [2.05, 4.69) is 23.2 Å². The molecular formula is C13H18N2O. The average Bonchev–Trinajstić information content (AvgIpc) is 2.35. The summed E-state index contributed by atoms with van der Waals surface area (Å²) in [6, 6.07) is 2.21. The van der Waals surface area contributed by atoms with Crippen molar-refractivity contribution in [2.45, 2.75) is 45.4 Å². The van der Waals surface area contributed by atoms with Crippen LogP contribution in [0, 0.1) is 28.6 Å². The van der Waals surface area contributed by atoms with Gasteiger partial charge in [0.1, 0.15) is 5.41 Å². The van der Waals surface area contributed by atoms with Gasteiger partial charge in [0.15, 0.2) is 0 Å². The Morgan fingerprint density at radius 3 is 2.62 bits per heavy atom. The third-order valence-corrected chi connectivity index (χ3v) is 3.07. The molecule has 0 heterocycles. The highest BCUT2D eigenvalue weighted by Crippen LogP contribution is 2.35. The summed E-state index contributed by atoms with van der Waals surface area (Å²) in [5.41, 5.74) is -0.766. The van der Waals surface area contributed by atoms with Crippen molar-refractivity contribution in [3.63, 3.8) is 0 Å².